The fraction of sp³-hybridized carbons (Fsp3) is 0.533. The quantitative estimate of drug-likeness (QED) is 0.846. The molecule has 1 aliphatic heterocycles. The van der Waals surface area contributed by atoms with Crippen LogP contribution in [0.2, 0.25) is 0 Å². The van der Waals surface area contributed by atoms with E-state index in [1.807, 2.05) is 26.8 Å². The Balaban J connectivity index is 2.36. The first-order valence-electron chi connectivity index (χ1n) is 6.69. The van der Waals surface area contributed by atoms with Crippen molar-refractivity contribution in [2.75, 3.05) is 19.8 Å². The van der Waals surface area contributed by atoms with Crippen LogP contribution < -0.4 is 15.2 Å². The molecule has 1 unspecified atom stereocenters. The first-order chi connectivity index (χ1) is 9.04. The molecule has 0 bridgehead atoms. The monoisotopic (exact) mass is 263 g/mol. The highest BCUT2D eigenvalue weighted by Crippen LogP contribution is 2.34. The van der Waals surface area contributed by atoms with Gasteiger partial charge in [0.05, 0.1) is 0 Å². The van der Waals surface area contributed by atoms with Gasteiger partial charge in [0.25, 0.3) is 0 Å². The second-order valence-electron chi connectivity index (χ2n) is 5.26. The summed E-state index contributed by atoms with van der Waals surface area (Å²) in [4.78, 5) is 12.5. The SMILES string of the molecule is Cc1cc2c(cc1C(=O)C(CN)C(C)C)OCCO2. The van der Waals surface area contributed by atoms with Crippen LogP contribution in [0.15, 0.2) is 12.1 Å². The topological polar surface area (TPSA) is 61.6 Å². The van der Waals surface area contributed by atoms with Crippen molar-refractivity contribution in [1.29, 1.82) is 0 Å². The van der Waals surface area contributed by atoms with Crippen LogP contribution in [0.3, 0.4) is 0 Å². The van der Waals surface area contributed by atoms with Crippen LogP contribution >= 0.6 is 0 Å². The third-order valence-electron chi connectivity index (χ3n) is 3.55. The Morgan fingerprint density at radius 1 is 1.26 bits per heavy atom. The van der Waals surface area contributed by atoms with E-state index in [0.29, 0.717) is 36.8 Å². The minimum atomic E-state index is -0.152. The zero-order valence-corrected chi connectivity index (χ0v) is 11.7. The molecule has 0 radical (unpaired) electrons. The third kappa shape index (κ3) is 2.73. The Morgan fingerprint density at radius 3 is 2.37 bits per heavy atom. The van der Waals surface area contributed by atoms with Crippen molar-refractivity contribution in [1.82, 2.24) is 0 Å². The summed E-state index contributed by atoms with van der Waals surface area (Å²) in [6.45, 7) is 7.39. The van der Waals surface area contributed by atoms with Gasteiger partial charge in [-0.05, 0) is 30.5 Å². The fourth-order valence-corrected chi connectivity index (χ4v) is 2.34. The van der Waals surface area contributed by atoms with Gasteiger partial charge in [0.15, 0.2) is 17.3 Å². The molecule has 2 N–H and O–H groups in total. The van der Waals surface area contributed by atoms with E-state index in [2.05, 4.69) is 0 Å². The molecule has 1 atom stereocenters. The van der Waals surface area contributed by atoms with Gasteiger partial charge in [-0.15, -0.1) is 0 Å². The normalized spacial score (nSPS) is 15.4. The summed E-state index contributed by atoms with van der Waals surface area (Å²) in [5, 5.41) is 0. The zero-order chi connectivity index (χ0) is 14.0. The summed E-state index contributed by atoms with van der Waals surface area (Å²) in [7, 11) is 0. The minimum Gasteiger partial charge on any atom is -0.486 e. The number of hydrogen-bond donors (Lipinski definition) is 1. The van der Waals surface area contributed by atoms with E-state index in [1.54, 1.807) is 6.07 Å². The van der Waals surface area contributed by atoms with Gasteiger partial charge in [-0.2, -0.15) is 0 Å². The van der Waals surface area contributed by atoms with E-state index in [-0.39, 0.29) is 17.6 Å². The van der Waals surface area contributed by atoms with Crippen LogP contribution in [0.5, 0.6) is 11.5 Å². The Labute approximate surface area is 113 Å². The average Bonchev–Trinajstić information content (AvgIpc) is 2.38. The first kappa shape index (κ1) is 13.9. The maximum absolute atomic E-state index is 12.5. The van der Waals surface area contributed by atoms with Gasteiger partial charge < -0.3 is 15.2 Å². The number of ketones is 1. The second-order valence-corrected chi connectivity index (χ2v) is 5.26. The molecule has 0 aliphatic carbocycles. The van der Waals surface area contributed by atoms with Crippen LogP contribution in [-0.4, -0.2) is 25.5 Å². The maximum atomic E-state index is 12.5. The lowest BCUT2D eigenvalue weighted by atomic mass is 9.86. The highest BCUT2D eigenvalue weighted by molar-refractivity contribution is 6.00. The maximum Gasteiger partial charge on any atom is 0.167 e. The number of carbonyl (C=O) groups excluding carboxylic acids is 1. The molecule has 104 valence electrons. The molecule has 0 fully saturated rings. The van der Waals surface area contributed by atoms with Crippen LogP contribution in [0, 0.1) is 18.8 Å². The molecule has 0 spiro atoms. The van der Waals surface area contributed by atoms with Gasteiger partial charge in [0.1, 0.15) is 13.2 Å². The van der Waals surface area contributed by atoms with Crippen LogP contribution in [0.25, 0.3) is 0 Å². The second kappa shape index (κ2) is 5.61. The van der Waals surface area contributed by atoms with Crippen molar-refractivity contribution in [2.45, 2.75) is 20.8 Å². The van der Waals surface area contributed by atoms with E-state index in [1.165, 1.54) is 0 Å². The summed E-state index contributed by atoms with van der Waals surface area (Å²) in [5.74, 6) is 1.53. The minimum absolute atomic E-state index is 0.0898. The zero-order valence-electron chi connectivity index (χ0n) is 11.7. The number of aryl methyl sites for hydroxylation is 1. The predicted molar refractivity (Wildman–Crippen MR) is 73.9 cm³/mol. The largest absolute Gasteiger partial charge is 0.486 e. The molecule has 4 nitrogen and oxygen atoms in total. The molecule has 19 heavy (non-hydrogen) atoms. The molecule has 0 saturated heterocycles. The van der Waals surface area contributed by atoms with E-state index in [4.69, 9.17) is 15.2 Å². The first-order valence-corrected chi connectivity index (χ1v) is 6.69. The van der Waals surface area contributed by atoms with Crippen LogP contribution in [0.1, 0.15) is 29.8 Å². The van der Waals surface area contributed by atoms with Gasteiger partial charge in [-0.3, -0.25) is 4.79 Å². The molecular weight excluding hydrogens is 242 g/mol. The van der Waals surface area contributed by atoms with E-state index < -0.39 is 0 Å². The van der Waals surface area contributed by atoms with Crippen LogP contribution in [0.4, 0.5) is 0 Å². The molecule has 2 rings (SSSR count). The molecule has 1 aromatic carbocycles. The molecule has 0 saturated carbocycles. The fourth-order valence-electron chi connectivity index (χ4n) is 2.34. The molecule has 1 aliphatic rings. The molecular formula is C15H21NO3. The van der Waals surface area contributed by atoms with Gasteiger partial charge in [-0.1, -0.05) is 13.8 Å². The lowest BCUT2D eigenvalue weighted by Gasteiger charge is -2.22. The average molecular weight is 263 g/mol. The van der Waals surface area contributed by atoms with Gasteiger partial charge in [-0.25, -0.2) is 0 Å². The molecule has 0 amide bonds. The van der Waals surface area contributed by atoms with Gasteiger partial charge >= 0.3 is 0 Å². The van der Waals surface area contributed by atoms with Crippen molar-refractivity contribution in [3.63, 3.8) is 0 Å². The van der Waals surface area contributed by atoms with Crippen molar-refractivity contribution >= 4 is 5.78 Å². The van der Waals surface area contributed by atoms with Gasteiger partial charge in [0.2, 0.25) is 0 Å². The smallest absolute Gasteiger partial charge is 0.167 e. The number of Topliss-reactive ketones (excluding diaryl/α,β-unsaturated/α-hetero) is 1. The molecule has 1 heterocycles. The molecule has 1 aromatic rings. The Hall–Kier alpha value is -1.55. The van der Waals surface area contributed by atoms with E-state index >= 15 is 0 Å². The highest BCUT2D eigenvalue weighted by atomic mass is 16.6. The lowest BCUT2D eigenvalue weighted by Crippen LogP contribution is -2.29. The van der Waals surface area contributed by atoms with Gasteiger partial charge in [0, 0.05) is 18.0 Å². The number of carbonyl (C=O) groups is 1. The molecule has 4 heteroatoms. The summed E-state index contributed by atoms with van der Waals surface area (Å²) in [5.41, 5.74) is 7.32. The van der Waals surface area contributed by atoms with Crippen molar-refractivity contribution in [3.8, 4) is 11.5 Å². The number of benzene rings is 1. The Morgan fingerprint density at radius 2 is 1.84 bits per heavy atom. The summed E-state index contributed by atoms with van der Waals surface area (Å²) in [6, 6.07) is 3.66. The summed E-state index contributed by atoms with van der Waals surface area (Å²) >= 11 is 0. The number of hydrogen-bond acceptors (Lipinski definition) is 4. The highest BCUT2D eigenvalue weighted by Gasteiger charge is 2.25. The number of rotatable bonds is 4. The van der Waals surface area contributed by atoms with E-state index in [9.17, 15) is 4.79 Å². The summed E-state index contributed by atoms with van der Waals surface area (Å²) < 4.78 is 11.0. The van der Waals surface area contributed by atoms with Crippen LogP contribution in [-0.2, 0) is 0 Å². The third-order valence-corrected chi connectivity index (χ3v) is 3.55. The standard InChI is InChI=1S/C15H21NO3/c1-9(2)12(8-16)15(17)11-7-14-13(6-10(11)3)18-4-5-19-14/h6-7,9,12H,4-5,8,16H2,1-3H3. The number of nitrogens with two attached hydrogens (primary N) is 1. The molecule has 0 aromatic heterocycles. The number of ether oxygens (including phenoxy) is 2. The van der Waals surface area contributed by atoms with Crippen molar-refractivity contribution in [3.05, 3.63) is 23.3 Å². The predicted octanol–water partition coefficient (Wildman–Crippen LogP) is 2.18. The van der Waals surface area contributed by atoms with E-state index in [0.717, 1.165) is 5.56 Å². The Bertz CT molecular complexity index is 483. The summed E-state index contributed by atoms with van der Waals surface area (Å²) in [6.07, 6.45) is 0. The van der Waals surface area contributed by atoms with Crippen molar-refractivity contribution < 1.29 is 14.3 Å². The Kier molecular flexibility index (Phi) is 4.10. The van der Waals surface area contributed by atoms with Crippen molar-refractivity contribution in [2.24, 2.45) is 17.6 Å². The number of fused-ring (bicyclic) bond motifs is 1. The lowest BCUT2D eigenvalue weighted by molar-refractivity contribution is 0.0890.